The second-order valence-corrected chi connectivity index (χ2v) is 11.0. The van der Waals surface area contributed by atoms with Gasteiger partial charge in [-0.2, -0.15) is 0 Å². The van der Waals surface area contributed by atoms with Gasteiger partial charge in [0.2, 0.25) is 10.0 Å². The van der Waals surface area contributed by atoms with E-state index in [1.54, 1.807) is 0 Å². The molecule has 0 unspecified atom stereocenters. The minimum atomic E-state index is -3.74. The quantitative estimate of drug-likeness (QED) is 0.194. The summed E-state index contributed by atoms with van der Waals surface area (Å²) in [6.45, 7) is 4.41. The maximum atomic E-state index is 12.9. The van der Waals surface area contributed by atoms with Crippen molar-refractivity contribution in [1.82, 2.24) is 0 Å². The van der Waals surface area contributed by atoms with E-state index in [-0.39, 0.29) is 30.3 Å². The molecular weight excluding hydrogens is 476 g/mol. The Morgan fingerprint density at radius 2 is 1.56 bits per heavy atom. The maximum Gasteiger partial charge on any atom is 0.273 e. The summed E-state index contributed by atoms with van der Waals surface area (Å²) in [5.74, 6) is 0.519. The van der Waals surface area contributed by atoms with Crippen LogP contribution in [0.25, 0.3) is 10.8 Å². The van der Waals surface area contributed by atoms with Crippen molar-refractivity contribution in [2.75, 3.05) is 10.6 Å². The minimum absolute atomic E-state index is 0.0565. The fourth-order valence-electron chi connectivity index (χ4n) is 3.98. The van der Waals surface area contributed by atoms with Gasteiger partial charge in [-0.05, 0) is 45.5 Å². The van der Waals surface area contributed by atoms with Crippen molar-refractivity contribution >= 4 is 32.2 Å². The Morgan fingerprint density at radius 1 is 0.889 bits per heavy atom. The van der Waals surface area contributed by atoms with E-state index < -0.39 is 14.9 Å². The molecular formula is C28H28N2O5S. The van der Waals surface area contributed by atoms with Crippen molar-refractivity contribution in [2.45, 2.75) is 32.9 Å². The van der Waals surface area contributed by atoms with E-state index in [4.69, 9.17) is 4.74 Å². The van der Waals surface area contributed by atoms with Gasteiger partial charge in [-0.15, -0.1) is 0 Å². The highest BCUT2D eigenvalue weighted by Gasteiger charge is 2.24. The zero-order valence-corrected chi connectivity index (χ0v) is 21.2. The number of hydrogen-bond acceptors (Lipinski definition) is 5. The molecule has 0 aliphatic heterocycles. The third-order valence-corrected chi connectivity index (χ3v) is 7.13. The van der Waals surface area contributed by atoms with E-state index >= 15 is 0 Å². The Morgan fingerprint density at radius 3 is 2.19 bits per heavy atom. The number of nitro benzene ring substituents is 1. The number of sulfonamides is 1. The van der Waals surface area contributed by atoms with Gasteiger partial charge in [0, 0.05) is 6.07 Å². The van der Waals surface area contributed by atoms with Crippen molar-refractivity contribution in [3.63, 3.8) is 0 Å². The summed E-state index contributed by atoms with van der Waals surface area (Å²) in [5, 5.41) is 13.5. The van der Waals surface area contributed by atoms with E-state index in [1.807, 2.05) is 66.7 Å². The number of benzene rings is 4. The van der Waals surface area contributed by atoms with E-state index in [9.17, 15) is 18.5 Å². The highest BCUT2D eigenvalue weighted by Crippen LogP contribution is 2.35. The fourth-order valence-corrected chi connectivity index (χ4v) is 4.87. The smallest absolute Gasteiger partial charge is 0.273 e. The van der Waals surface area contributed by atoms with Crippen LogP contribution in [0, 0.1) is 10.1 Å². The van der Waals surface area contributed by atoms with Crippen LogP contribution < -0.4 is 9.04 Å². The summed E-state index contributed by atoms with van der Waals surface area (Å²) in [6, 6.07) is 25.5. The number of rotatable bonds is 9. The number of hydrogen-bond donors (Lipinski definition) is 0. The third kappa shape index (κ3) is 5.83. The zero-order valence-electron chi connectivity index (χ0n) is 20.4. The summed E-state index contributed by atoms with van der Waals surface area (Å²) in [7, 11) is -3.74. The minimum Gasteiger partial charge on any atom is -0.486 e. The van der Waals surface area contributed by atoms with E-state index in [0.717, 1.165) is 28.2 Å². The normalized spacial score (nSPS) is 11.6. The predicted molar refractivity (Wildman–Crippen MR) is 143 cm³/mol. The van der Waals surface area contributed by atoms with Gasteiger partial charge < -0.3 is 4.74 Å². The van der Waals surface area contributed by atoms with Crippen LogP contribution >= 0.6 is 0 Å². The van der Waals surface area contributed by atoms with Crippen molar-refractivity contribution in [2.24, 2.45) is 0 Å². The molecule has 8 heteroatoms. The van der Waals surface area contributed by atoms with Crippen molar-refractivity contribution < 1.29 is 18.1 Å². The maximum absolute atomic E-state index is 12.9. The standard InChI is InChI=1S/C28H28N2O5S/c1-20(2)23-11-8-21(9-12-23)19-35-28-17-26(30(31)32)14-15-27(28)29(36(3,33)34)18-22-10-13-24-6-4-5-7-25(24)16-22/h4-17,20H,18-19H2,1-3H3. The lowest BCUT2D eigenvalue weighted by Crippen LogP contribution is -2.29. The Hall–Kier alpha value is -3.91. The molecule has 0 aliphatic carbocycles. The molecule has 0 heterocycles. The predicted octanol–water partition coefficient (Wildman–Crippen LogP) is 6.42. The van der Waals surface area contributed by atoms with Crippen LogP contribution in [0.3, 0.4) is 0 Å². The van der Waals surface area contributed by atoms with Gasteiger partial charge in [-0.1, -0.05) is 74.5 Å². The Bertz CT molecular complexity index is 1500. The molecule has 0 bridgehead atoms. The van der Waals surface area contributed by atoms with Crippen molar-refractivity contribution in [3.8, 4) is 5.75 Å². The molecule has 4 aromatic rings. The molecule has 7 nitrogen and oxygen atoms in total. The largest absolute Gasteiger partial charge is 0.486 e. The number of non-ortho nitro benzene ring substituents is 1. The zero-order chi connectivity index (χ0) is 25.9. The molecule has 0 saturated carbocycles. The molecule has 0 spiro atoms. The second-order valence-electron chi connectivity index (χ2n) is 9.05. The first kappa shape index (κ1) is 25.2. The number of ether oxygens (including phenoxy) is 1. The van der Waals surface area contributed by atoms with Crippen LogP contribution in [0.1, 0.15) is 36.5 Å². The molecule has 0 saturated heterocycles. The van der Waals surface area contributed by atoms with Gasteiger partial charge in [-0.3, -0.25) is 14.4 Å². The lowest BCUT2D eigenvalue weighted by molar-refractivity contribution is -0.384. The average molecular weight is 505 g/mol. The summed E-state index contributed by atoms with van der Waals surface area (Å²) >= 11 is 0. The Balaban J connectivity index is 1.69. The van der Waals surface area contributed by atoms with Gasteiger partial charge in [0.15, 0.2) is 5.75 Å². The second kappa shape index (κ2) is 10.4. The molecule has 0 fully saturated rings. The Labute approximate surface area is 211 Å². The van der Waals surface area contributed by atoms with Crippen LogP contribution in [0.4, 0.5) is 11.4 Å². The lowest BCUT2D eigenvalue weighted by atomic mass is 10.0. The molecule has 36 heavy (non-hydrogen) atoms. The van der Waals surface area contributed by atoms with Crippen LogP contribution in [0.15, 0.2) is 84.9 Å². The van der Waals surface area contributed by atoms with Gasteiger partial charge in [0.05, 0.1) is 29.5 Å². The lowest BCUT2D eigenvalue weighted by Gasteiger charge is -2.25. The van der Waals surface area contributed by atoms with E-state index in [1.165, 1.54) is 28.1 Å². The molecule has 0 aromatic heterocycles. The highest BCUT2D eigenvalue weighted by molar-refractivity contribution is 7.92. The molecule has 0 N–H and O–H groups in total. The van der Waals surface area contributed by atoms with Crippen LogP contribution in [-0.2, 0) is 23.2 Å². The van der Waals surface area contributed by atoms with Gasteiger partial charge in [0.25, 0.3) is 5.69 Å². The summed E-state index contributed by atoms with van der Waals surface area (Å²) in [5.41, 5.74) is 2.91. The molecule has 0 amide bonds. The van der Waals surface area contributed by atoms with Crippen molar-refractivity contribution in [3.05, 3.63) is 112 Å². The van der Waals surface area contributed by atoms with Crippen LogP contribution in [0.2, 0.25) is 0 Å². The van der Waals surface area contributed by atoms with Crippen LogP contribution in [-0.4, -0.2) is 19.6 Å². The topological polar surface area (TPSA) is 89.8 Å². The molecule has 0 radical (unpaired) electrons. The fraction of sp³-hybridized carbons (Fsp3) is 0.214. The number of anilines is 1. The van der Waals surface area contributed by atoms with Gasteiger partial charge in [-0.25, -0.2) is 8.42 Å². The molecule has 4 rings (SSSR count). The number of nitrogens with zero attached hydrogens (tertiary/aromatic N) is 2. The molecule has 186 valence electrons. The van der Waals surface area contributed by atoms with Crippen LogP contribution in [0.5, 0.6) is 5.75 Å². The SMILES string of the molecule is CC(C)c1ccc(COc2cc([N+](=O)[O-])ccc2N(Cc2ccc3ccccc3c2)S(C)(=O)=O)cc1. The van der Waals surface area contributed by atoms with Crippen molar-refractivity contribution in [1.29, 1.82) is 0 Å². The third-order valence-electron chi connectivity index (χ3n) is 6.00. The van der Waals surface area contributed by atoms with Gasteiger partial charge >= 0.3 is 0 Å². The monoisotopic (exact) mass is 504 g/mol. The van der Waals surface area contributed by atoms with E-state index in [2.05, 4.69) is 13.8 Å². The number of nitro groups is 1. The van der Waals surface area contributed by atoms with Gasteiger partial charge in [0.1, 0.15) is 6.61 Å². The average Bonchev–Trinajstić information content (AvgIpc) is 2.85. The first-order valence-electron chi connectivity index (χ1n) is 11.6. The highest BCUT2D eigenvalue weighted by atomic mass is 32.2. The summed E-state index contributed by atoms with van der Waals surface area (Å²) in [6.07, 6.45) is 1.11. The molecule has 0 atom stereocenters. The number of fused-ring (bicyclic) bond motifs is 1. The molecule has 4 aromatic carbocycles. The Kier molecular flexibility index (Phi) is 7.26. The summed E-state index contributed by atoms with van der Waals surface area (Å²) < 4.78 is 33.0. The molecule has 0 aliphatic rings. The first-order valence-corrected chi connectivity index (χ1v) is 13.4. The van der Waals surface area contributed by atoms with E-state index in [0.29, 0.717) is 5.92 Å². The first-order chi connectivity index (χ1) is 17.1. The summed E-state index contributed by atoms with van der Waals surface area (Å²) in [4.78, 5) is 10.9.